The molecule has 2 rings (SSSR count). The second-order valence-electron chi connectivity index (χ2n) is 4.13. The molecular formula is C11H14FN. The summed E-state index contributed by atoms with van der Waals surface area (Å²) in [5.41, 5.74) is 0.845. The third kappa shape index (κ3) is 1.58. The van der Waals surface area contributed by atoms with E-state index in [4.69, 9.17) is 0 Å². The number of halogens is 1. The molecule has 1 nitrogen and oxygen atoms in total. The van der Waals surface area contributed by atoms with Crippen molar-refractivity contribution in [1.29, 1.82) is 0 Å². The van der Waals surface area contributed by atoms with Gasteiger partial charge in [-0.15, -0.1) is 0 Å². The highest BCUT2D eigenvalue weighted by Crippen LogP contribution is 2.49. The topological polar surface area (TPSA) is 12.9 Å². The van der Waals surface area contributed by atoms with Gasteiger partial charge in [0.25, 0.3) is 0 Å². The number of pyridine rings is 1. The molecule has 1 heterocycles. The monoisotopic (exact) mass is 179 g/mol. The molecule has 0 radical (unpaired) electrons. The fourth-order valence-electron chi connectivity index (χ4n) is 1.42. The molecule has 13 heavy (non-hydrogen) atoms. The zero-order chi connectivity index (χ0) is 9.47. The van der Waals surface area contributed by atoms with Crippen LogP contribution in [-0.2, 0) is 5.67 Å². The van der Waals surface area contributed by atoms with Gasteiger partial charge < -0.3 is 0 Å². The van der Waals surface area contributed by atoms with Crippen LogP contribution < -0.4 is 0 Å². The minimum atomic E-state index is -1.04. The Hall–Kier alpha value is -0.920. The molecule has 0 spiro atoms. The average molecular weight is 179 g/mol. The Balaban J connectivity index is 2.33. The lowest BCUT2D eigenvalue weighted by Gasteiger charge is -2.09. The molecule has 2 heteroatoms. The number of aromatic nitrogens is 1. The molecule has 70 valence electrons. The summed E-state index contributed by atoms with van der Waals surface area (Å²) in [7, 11) is 0. The molecule has 1 fully saturated rings. The maximum absolute atomic E-state index is 13.6. The number of alkyl halides is 1. The molecule has 0 aliphatic heterocycles. The van der Waals surface area contributed by atoms with E-state index >= 15 is 0 Å². The third-order valence-corrected chi connectivity index (χ3v) is 2.63. The summed E-state index contributed by atoms with van der Waals surface area (Å²) in [6.45, 7) is 4.19. The van der Waals surface area contributed by atoms with Gasteiger partial charge in [-0.25, -0.2) is 4.39 Å². The van der Waals surface area contributed by atoms with Crippen LogP contribution in [0.2, 0.25) is 0 Å². The zero-order valence-corrected chi connectivity index (χ0v) is 8.05. The Kier molecular flexibility index (Phi) is 1.86. The molecule has 0 amide bonds. The van der Waals surface area contributed by atoms with Crippen LogP contribution in [0.15, 0.2) is 18.5 Å². The molecule has 0 N–H and O–H groups in total. The van der Waals surface area contributed by atoms with Gasteiger partial charge in [-0.1, -0.05) is 13.8 Å². The highest BCUT2D eigenvalue weighted by atomic mass is 19.1. The molecule has 1 aromatic heterocycles. The van der Waals surface area contributed by atoms with Crippen LogP contribution in [0.25, 0.3) is 0 Å². The maximum atomic E-state index is 13.6. The van der Waals surface area contributed by atoms with Gasteiger partial charge in [-0.3, -0.25) is 4.98 Å². The first-order valence-corrected chi connectivity index (χ1v) is 4.76. The Morgan fingerprint density at radius 2 is 2.08 bits per heavy atom. The van der Waals surface area contributed by atoms with Crippen molar-refractivity contribution in [3.63, 3.8) is 0 Å². The van der Waals surface area contributed by atoms with Crippen LogP contribution in [0.5, 0.6) is 0 Å². The normalized spacial score (nSPS) is 19.1. The maximum Gasteiger partial charge on any atom is 0.137 e. The standard InChI is InChI=1S/C11H14FN/c1-8(2)9-5-10(7-13-6-9)11(12)3-4-11/h5-8H,3-4H2,1-2H3. The fourth-order valence-corrected chi connectivity index (χ4v) is 1.42. The number of rotatable bonds is 2. The van der Waals surface area contributed by atoms with E-state index in [9.17, 15) is 4.39 Å². The summed E-state index contributed by atoms with van der Waals surface area (Å²) in [4.78, 5) is 4.07. The largest absolute Gasteiger partial charge is 0.264 e. The highest BCUT2D eigenvalue weighted by Gasteiger charge is 2.45. The van der Waals surface area contributed by atoms with Crippen molar-refractivity contribution in [3.8, 4) is 0 Å². The Bertz CT molecular complexity index is 316. The first kappa shape index (κ1) is 8.67. The third-order valence-electron chi connectivity index (χ3n) is 2.63. The molecule has 1 aliphatic carbocycles. The second-order valence-corrected chi connectivity index (χ2v) is 4.13. The summed E-state index contributed by atoms with van der Waals surface area (Å²) in [5, 5.41) is 0. The van der Waals surface area contributed by atoms with Crippen LogP contribution in [-0.4, -0.2) is 4.98 Å². The summed E-state index contributed by atoms with van der Waals surface area (Å²) in [6.07, 6.45) is 4.80. The van der Waals surface area contributed by atoms with Gasteiger partial charge in [0.1, 0.15) is 5.67 Å². The van der Waals surface area contributed by atoms with Crippen LogP contribution >= 0.6 is 0 Å². The lowest BCUT2D eigenvalue weighted by Crippen LogP contribution is -2.00. The van der Waals surface area contributed by atoms with E-state index in [0.717, 1.165) is 11.1 Å². The predicted octanol–water partition coefficient (Wildman–Crippen LogP) is 3.16. The summed E-state index contributed by atoms with van der Waals surface area (Å²) in [5.74, 6) is 0.426. The predicted molar refractivity (Wildman–Crippen MR) is 50.3 cm³/mol. The van der Waals surface area contributed by atoms with Gasteiger partial charge in [-0.05, 0) is 30.4 Å². The van der Waals surface area contributed by atoms with Gasteiger partial charge in [0.2, 0.25) is 0 Å². The number of hydrogen-bond acceptors (Lipinski definition) is 1. The van der Waals surface area contributed by atoms with Crippen molar-refractivity contribution in [2.45, 2.75) is 38.3 Å². The number of hydrogen-bond donors (Lipinski definition) is 0. The average Bonchev–Trinajstić information content (AvgIpc) is 2.85. The smallest absolute Gasteiger partial charge is 0.137 e. The molecule has 0 saturated heterocycles. The van der Waals surface area contributed by atoms with E-state index in [1.54, 1.807) is 6.20 Å². The molecule has 1 aliphatic rings. The van der Waals surface area contributed by atoms with Crippen molar-refractivity contribution < 1.29 is 4.39 Å². The van der Waals surface area contributed by atoms with Crippen molar-refractivity contribution in [2.24, 2.45) is 0 Å². The molecule has 1 aromatic rings. The van der Waals surface area contributed by atoms with E-state index < -0.39 is 5.67 Å². The minimum absolute atomic E-state index is 0.426. The molecule has 0 aromatic carbocycles. The highest BCUT2D eigenvalue weighted by molar-refractivity contribution is 5.29. The molecule has 0 bridgehead atoms. The van der Waals surface area contributed by atoms with Crippen molar-refractivity contribution in [2.75, 3.05) is 0 Å². The first-order valence-electron chi connectivity index (χ1n) is 4.76. The molecule has 0 atom stereocenters. The number of nitrogens with zero attached hydrogens (tertiary/aromatic N) is 1. The fraction of sp³-hybridized carbons (Fsp3) is 0.545. The van der Waals surface area contributed by atoms with E-state index in [1.165, 1.54) is 0 Å². The lowest BCUT2D eigenvalue weighted by molar-refractivity contribution is 0.316. The van der Waals surface area contributed by atoms with Gasteiger partial charge in [0.05, 0.1) is 0 Å². The summed E-state index contributed by atoms with van der Waals surface area (Å²) >= 11 is 0. The lowest BCUT2D eigenvalue weighted by atomic mass is 10.0. The van der Waals surface area contributed by atoms with Gasteiger partial charge in [-0.2, -0.15) is 0 Å². The Morgan fingerprint density at radius 3 is 2.62 bits per heavy atom. The Labute approximate surface area is 78.0 Å². The van der Waals surface area contributed by atoms with Crippen LogP contribution in [0.4, 0.5) is 4.39 Å². The second kappa shape index (κ2) is 2.79. The van der Waals surface area contributed by atoms with Crippen LogP contribution in [0.3, 0.4) is 0 Å². The zero-order valence-electron chi connectivity index (χ0n) is 8.05. The van der Waals surface area contributed by atoms with E-state index in [2.05, 4.69) is 18.8 Å². The Morgan fingerprint density at radius 1 is 1.38 bits per heavy atom. The summed E-state index contributed by atoms with van der Waals surface area (Å²) < 4.78 is 13.6. The van der Waals surface area contributed by atoms with Gasteiger partial charge in [0.15, 0.2) is 0 Å². The SMILES string of the molecule is CC(C)c1cncc(C2(F)CC2)c1. The molecule has 1 saturated carbocycles. The van der Waals surface area contributed by atoms with Crippen molar-refractivity contribution in [3.05, 3.63) is 29.6 Å². The summed E-state index contributed by atoms with van der Waals surface area (Å²) in [6, 6.07) is 1.95. The van der Waals surface area contributed by atoms with Gasteiger partial charge >= 0.3 is 0 Å². The van der Waals surface area contributed by atoms with Crippen LogP contribution in [0.1, 0.15) is 43.7 Å². The van der Waals surface area contributed by atoms with Crippen molar-refractivity contribution >= 4 is 0 Å². The molecular weight excluding hydrogens is 165 g/mol. The quantitative estimate of drug-likeness (QED) is 0.679. The van der Waals surface area contributed by atoms with Gasteiger partial charge in [0, 0.05) is 18.0 Å². The first-order chi connectivity index (χ1) is 6.12. The van der Waals surface area contributed by atoms with Crippen molar-refractivity contribution in [1.82, 2.24) is 4.98 Å². The van der Waals surface area contributed by atoms with E-state index in [0.29, 0.717) is 18.8 Å². The van der Waals surface area contributed by atoms with E-state index in [1.807, 2.05) is 12.3 Å². The van der Waals surface area contributed by atoms with E-state index in [-0.39, 0.29) is 0 Å². The molecule has 0 unspecified atom stereocenters. The minimum Gasteiger partial charge on any atom is -0.264 e. The van der Waals surface area contributed by atoms with Crippen LogP contribution in [0, 0.1) is 0 Å².